The molecular weight excluding hydrogens is 384 g/mol. The van der Waals surface area contributed by atoms with Crippen LogP contribution in [0.3, 0.4) is 0 Å². The van der Waals surface area contributed by atoms with Gasteiger partial charge in [-0.15, -0.1) is 11.3 Å². The van der Waals surface area contributed by atoms with Crippen molar-refractivity contribution < 1.29 is 18.4 Å². The normalized spacial score (nSPS) is 11.7. The monoisotopic (exact) mass is 401 g/mol. The van der Waals surface area contributed by atoms with Crippen molar-refractivity contribution in [1.29, 1.82) is 0 Å². The van der Waals surface area contributed by atoms with E-state index in [1.54, 1.807) is 0 Å². The van der Waals surface area contributed by atoms with Crippen LogP contribution >= 0.6 is 11.3 Å². The summed E-state index contributed by atoms with van der Waals surface area (Å²) in [5, 5.41) is 7.19. The summed E-state index contributed by atoms with van der Waals surface area (Å²) in [7, 11) is 0. The molecule has 1 heterocycles. The van der Waals surface area contributed by atoms with Crippen LogP contribution in [0.2, 0.25) is 0 Å². The van der Waals surface area contributed by atoms with Gasteiger partial charge in [0.15, 0.2) is 5.13 Å². The molecule has 0 bridgehead atoms. The van der Waals surface area contributed by atoms with Gasteiger partial charge in [0, 0.05) is 17.9 Å². The number of aromatic nitrogens is 1. The predicted molar refractivity (Wildman–Crippen MR) is 104 cm³/mol. The summed E-state index contributed by atoms with van der Waals surface area (Å²) in [5.41, 5.74) is 1.06. The predicted octanol–water partition coefficient (Wildman–Crippen LogP) is 4.29. The van der Waals surface area contributed by atoms with E-state index in [9.17, 15) is 18.4 Å². The fraction of sp³-hybridized carbons (Fsp3) is 0.150. The molecule has 0 aliphatic heterocycles. The SMILES string of the molecule is CC(=O)N[C@@H](CC(=O)Nc1nc(-c2cc(F)ccc2F)cs1)c1ccccc1. The van der Waals surface area contributed by atoms with Crippen molar-refractivity contribution in [2.75, 3.05) is 5.32 Å². The highest BCUT2D eigenvalue weighted by Crippen LogP contribution is 2.28. The summed E-state index contributed by atoms with van der Waals surface area (Å²) in [6.45, 7) is 1.38. The Balaban J connectivity index is 1.71. The number of hydrogen-bond donors (Lipinski definition) is 2. The number of hydrogen-bond acceptors (Lipinski definition) is 4. The van der Waals surface area contributed by atoms with E-state index in [-0.39, 0.29) is 34.6 Å². The highest BCUT2D eigenvalue weighted by molar-refractivity contribution is 7.14. The fourth-order valence-corrected chi connectivity index (χ4v) is 3.41. The van der Waals surface area contributed by atoms with Crippen molar-refractivity contribution in [3.05, 3.63) is 71.1 Å². The number of halogens is 2. The summed E-state index contributed by atoms with van der Waals surface area (Å²) in [6.07, 6.45) is 0.00678. The molecule has 1 atom stereocenters. The lowest BCUT2D eigenvalue weighted by atomic mass is 10.0. The molecule has 3 rings (SSSR count). The van der Waals surface area contributed by atoms with Crippen LogP contribution in [-0.2, 0) is 9.59 Å². The van der Waals surface area contributed by atoms with Gasteiger partial charge in [0.05, 0.1) is 18.2 Å². The average Bonchev–Trinajstić information content (AvgIpc) is 3.11. The molecule has 8 heteroatoms. The second-order valence-electron chi connectivity index (χ2n) is 6.08. The van der Waals surface area contributed by atoms with E-state index in [1.807, 2.05) is 30.3 Å². The third kappa shape index (κ3) is 4.98. The molecule has 2 amide bonds. The number of thiazole rings is 1. The van der Waals surface area contributed by atoms with E-state index < -0.39 is 17.7 Å². The van der Waals surface area contributed by atoms with Gasteiger partial charge >= 0.3 is 0 Å². The second kappa shape index (κ2) is 8.71. The smallest absolute Gasteiger partial charge is 0.228 e. The Bertz CT molecular complexity index is 992. The summed E-state index contributed by atoms with van der Waals surface area (Å²) in [6, 6.07) is 11.8. The zero-order valence-electron chi connectivity index (χ0n) is 14.9. The lowest BCUT2D eigenvalue weighted by Gasteiger charge is -2.17. The molecule has 0 radical (unpaired) electrons. The summed E-state index contributed by atoms with van der Waals surface area (Å²) in [4.78, 5) is 28.0. The lowest BCUT2D eigenvalue weighted by Crippen LogP contribution is -2.29. The molecule has 0 fully saturated rings. The number of anilines is 1. The van der Waals surface area contributed by atoms with E-state index in [0.717, 1.165) is 35.1 Å². The Morgan fingerprint density at radius 1 is 1.14 bits per heavy atom. The number of carbonyl (C=O) groups excluding carboxylic acids is 2. The van der Waals surface area contributed by atoms with Crippen LogP contribution in [0.1, 0.15) is 24.9 Å². The van der Waals surface area contributed by atoms with Gasteiger partial charge in [-0.3, -0.25) is 9.59 Å². The van der Waals surface area contributed by atoms with Gasteiger partial charge in [0.2, 0.25) is 11.8 Å². The van der Waals surface area contributed by atoms with Crippen molar-refractivity contribution in [3.63, 3.8) is 0 Å². The van der Waals surface area contributed by atoms with Crippen LogP contribution in [0, 0.1) is 11.6 Å². The number of nitrogens with one attached hydrogen (secondary N) is 2. The van der Waals surface area contributed by atoms with E-state index in [1.165, 1.54) is 12.3 Å². The molecular formula is C20H17F2N3O2S. The Morgan fingerprint density at radius 3 is 2.61 bits per heavy atom. The number of carbonyl (C=O) groups is 2. The van der Waals surface area contributed by atoms with Gasteiger partial charge in [-0.25, -0.2) is 13.8 Å². The zero-order valence-corrected chi connectivity index (χ0v) is 15.7. The van der Waals surface area contributed by atoms with Crippen molar-refractivity contribution in [1.82, 2.24) is 10.3 Å². The van der Waals surface area contributed by atoms with Crippen molar-refractivity contribution in [2.24, 2.45) is 0 Å². The maximum absolute atomic E-state index is 13.9. The van der Waals surface area contributed by atoms with Gasteiger partial charge in [-0.2, -0.15) is 0 Å². The average molecular weight is 401 g/mol. The molecule has 3 aromatic rings. The molecule has 1 aromatic heterocycles. The molecule has 0 aliphatic carbocycles. The van der Waals surface area contributed by atoms with E-state index >= 15 is 0 Å². The zero-order chi connectivity index (χ0) is 20.1. The molecule has 0 saturated carbocycles. The standard InChI is InChI=1S/C20H17F2N3O2S/c1-12(26)23-17(13-5-3-2-4-6-13)10-19(27)25-20-24-18(11-28-20)15-9-14(21)7-8-16(15)22/h2-9,11,17H,10H2,1H3,(H,23,26)(H,24,25,27)/t17-/m0/s1. The van der Waals surface area contributed by atoms with Gasteiger partial charge in [0.1, 0.15) is 11.6 Å². The van der Waals surface area contributed by atoms with E-state index in [0.29, 0.717) is 0 Å². The number of nitrogens with zero attached hydrogens (tertiary/aromatic N) is 1. The Morgan fingerprint density at radius 2 is 1.89 bits per heavy atom. The minimum absolute atomic E-state index is 0.00678. The molecule has 2 aromatic carbocycles. The molecule has 144 valence electrons. The number of benzene rings is 2. The topological polar surface area (TPSA) is 71.1 Å². The lowest BCUT2D eigenvalue weighted by molar-refractivity contribution is -0.120. The quantitative estimate of drug-likeness (QED) is 0.647. The first kappa shape index (κ1) is 19.6. The van der Waals surface area contributed by atoms with Crippen LogP contribution in [-0.4, -0.2) is 16.8 Å². The molecule has 0 spiro atoms. The van der Waals surface area contributed by atoms with E-state index in [4.69, 9.17) is 0 Å². The molecule has 0 unspecified atom stereocenters. The fourth-order valence-electron chi connectivity index (χ4n) is 2.69. The first-order valence-corrected chi connectivity index (χ1v) is 9.33. The maximum atomic E-state index is 13.9. The molecule has 28 heavy (non-hydrogen) atoms. The Kier molecular flexibility index (Phi) is 6.10. The molecule has 0 saturated heterocycles. The van der Waals surface area contributed by atoms with Crippen LogP contribution in [0.25, 0.3) is 11.3 Å². The van der Waals surface area contributed by atoms with E-state index in [2.05, 4.69) is 15.6 Å². The van der Waals surface area contributed by atoms with Gasteiger partial charge in [-0.1, -0.05) is 30.3 Å². The van der Waals surface area contributed by atoms with Gasteiger partial charge < -0.3 is 10.6 Å². The first-order valence-electron chi connectivity index (χ1n) is 8.45. The summed E-state index contributed by atoms with van der Waals surface area (Å²) in [5.74, 6) is -1.78. The number of amides is 2. The van der Waals surface area contributed by atoms with Crippen LogP contribution in [0.5, 0.6) is 0 Å². The first-order chi connectivity index (χ1) is 13.4. The Labute approximate surface area is 164 Å². The highest BCUT2D eigenvalue weighted by Gasteiger charge is 2.18. The molecule has 0 aliphatic rings. The molecule has 2 N–H and O–H groups in total. The minimum Gasteiger partial charge on any atom is -0.349 e. The van der Waals surface area contributed by atoms with Crippen LogP contribution < -0.4 is 10.6 Å². The van der Waals surface area contributed by atoms with Crippen molar-refractivity contribution in [3.8, 4) is 11.3 Å². The summed E-state index contributed by atoms with van der Waals surface area (Å²) >= 11 is 1.10. The van der Waals surface area contributed by atoms with Crippen molar-refractivity contribution >= 4 is 28.3 Å². The maximum Gasteiger partial charge on any atom is 0.228 e. The second-order valence-corrected chi connectivity index (χ2v) is 6.94. The van der Waals surface area contributed by atoms with Gasteiger partial charge in [0.25, 0.3) is 0 Å². The minimum atomic E-state index is -0.598. The van der Waals surface area contributed by atoms with Crippen LogP contribution in [0.4, 0.5) is 13.9 Å². The van der Waals surface area contributed by atoms with Crippen LogP contribution in [0.15, 0.2) is 53.9 Å². The largest absolute Gasteiger partial charge is 0.349 e. The number of rotatable bonds is 6. The third-order valence-corrected chi connectivity index (χ3v) is 4.68. The Hall–Kier alpha value is -3.13. The summed E-state index contributed by atoms with van der Waals surface area (Å²) < 4.78 is 27.2. The van der Waals surface area contributed by atoms with Gasteiger partial charge in [-0.05, 0) is 23.8 Å². The third-order valence-electron chi connectivity index (χ3n) is 3.92. The highest BCUT2D eigenvalue weighted by atomic mass is 32.1. The molecule has 5 nitrogen and oxygen atoms in total. The van der Waals surface area contributed by atoms with Crippen molar-refractivity contribution in [2.45, 2.75) is 19.4 Å².